The van der Waals surface area contributed by atoms with Crippen LogP contribution in [0.3, 0.4) is 0 Å². The number of amides is 1. The molecule has 3 aromatic rings. The number of nitrogens with zero attached hydrogens (tertiary/aromatic N) is 2. The van der Waals surface area contributed by atoms with E-state index >= 15 is 0 Å². The summed E-state index contributed by atoms with van der Waals surface area (Å²) < 4.78 is 18.4. The third-order valence-electron chi connectivity index (χ3n) is 3.45. The van der Waals surface area contributed by atoms with E-state index in [0.29, 0.717) is 17.3 Å². The highest BCUT2D eigenvalue weighted by atomic mass is 19.1. The van der Waals surface area contributed by atoms with Crippen molar-refractivity contribution >= 4 is 11.7 Å². The highest BCUT2D eigenvalue weighted by molar-refractivity contribution is 6.03. The van der Waals surface area contributed by atoms with E-state index in [1.54, 1.807) is 36.5 Å². The van der Waals surface area contributed by atoms with Gasteiger partial charge in [0.15, 0.2) is 0 Å². The Morgan fingerprint density at radius 2 is 1.84 bits per heavy atom. The zero-order chi connectivity index (χ0) is 17.6. The maximum atomic E-state index is 12.9. The van der Waals surface area contributed by atoms with E-state index in [4.69, 9.17) is 4.74 Å². The summed E-state index contributed by atoms with van der Waals surface area (Å²) in [6.45, 7) is 2.19. The average Bonchev–Trinajstić information content (AvgIpc) is 2.63. The second-order valence-electron chi connectivity index (χ2n) is 5.48. The van der Waals surface area contributed by atoms with Gasteiger partial charge >= 0.3 is 0 Å². The highest BCUT2D eigenvalue weighted by Crippen LogP contribution is 2.12. The van der Waals surface area contributed by atoms with Crippen molar-refractivity contribution in [2.45, 2.75) is 13.5 Å². The van der Waals surface area contributed by atoms with Gasteiger partial charge in [-0.05, 0) is 42.3 Å². The van der Waals surface area contributed by atoms with E-state index in [2.05, 4.69) is 15.3 Å². The summed E-state index contributed by atoms with van der Waals surface area (Å²) in [6, 6.07) is 12.9. The van der Waals surface area contributed by atoms with E-state index in [0.717, 1.165) is 11.1 Å². The largest absolute Gasteiger partial charge is 0.473 e. The molecule has 126 valence electrons. The van der Waals surface area contributed by atoms with E-state index in [1.807, 2.05) is 13.0 Å². The number of halogens is 1. The fourth-order valence-corrected chi connectivity index (χ4v) is 2.07. The molecule has 0 aliphatic carbocycles. The number of carbonyl (C=O) groups excluding carboxylic acids is 1. The van der Waals surface area contributed by atoms with Crippen molar-refractivity contribution in [3.05, 3.63) is 83.4 Å². The molecule has 0 saturated heterocycles. The predicted octanol–water partition coefficient (Wildman–Crippen LogP) is 3.76. The number of hydrogen-bond acceptors (Lipinski definition) is 4. The quantitative estimate of drug-likeness (QED) is 0.770. The van der Waals surface area contributed by atoms with Crippen LogP contribution in [-0.2, 0) is 6.61 Å². The number of pyridine rings is 2. The molecule has 0 aliphatic rings. The minimum Gasteiger partial charge on any atom is -0.473 e. The molecule has 6 heteroatoms. The molecular formula is C19H16FN3O2. The lowest BCUT2D eigenvalue weighted by Gasteiger charge is -2.07. The molecule has 3 rings (SSSR count). The second-order valence-corrected chi connectivity index (χ2v) is 5.48. The number of anilines is 1. The van der Waals surface area contributed by atoms with Crippen LogP contribution in [-0.4, -0.2) is 15.9 Å². The van der Waals surface area contributed by atoms with Gasteiger partial charge in [0.05, 0.1) is 5.56 Å². The van der Waals surface area contributed by atoms with Crippen LogP contribution >= 0.6 is 0 Å². The molecule has 0 radical (unpaired) electrons. The highest BCUT2D eigenvalue weighted by Gasteiger charge is 2.08. The molecule has 0 spiro atoms. The summed E-state index contributed by atoms with van der Waals surface area (Å²) in [5.74, 6) is 0.274. The molecule has 5 nitrogen and oxygen atoms in total. The lowest BCUT2D eigenvalue weighted by Crippen LogP contribution is -2.13. The molecule has 0 saturated carbocycles. The summed E-state index contributed by atoms with van der Waals surface area (Å²) in [7, 11) is 0. The van der Waals surface area contributed by atoms with Crippen molar-refractivity contribution in [3.8, 4) is 5.88 Å². The number of ether oxygens (including phenoxy) is 1. The first kappa shape index (κ1) is 16.6. The number of nitrogens with one attached hydrogen (secondary N) is 1. The van der Waals surface area contributed by atoms with Crippen molar-refractivity contribution in [1.29, 1.82) is 0 Å². The number of aromatic nitrogens is 2. The maximum Gasteiger partial charge on any atom is 0.258 e. The molecule has 1 N–H and O–H groups in total. The molecule has 0 unspecified atom stereocenters. The standard InChI is InChI=1S/C19H16FN3O2/c1-13-2-8-17(21-10-13)23-19(24)15-5-9-18(22-11-15)25-12-14-3-6-16(20)7-4-14/h2-11H,12H2,1H3,(H,21,23,24). The zero-order valence-corrected chi connectivity index (χ0v) is 13.6. The third-order valence-corrected chi connectivity index (χ3v) is 3.45. The van der Waals surface area contributed by atoms with Crippen LogP contribution in [0.5, 0.6) is 5.88 Å². The van der Waals surface area contributed by atoms with Crippen molar-refractivity contribution in [2.75, 3.05) is 5.32 Å². The topological polar surface area (TPSA) is 64.1 Å². The lowest BCUT2D eigenvalue weighted by molar-refractivity contribution is 0.102. The van der Waals surface area contributed by atoms with Crippen molar-refractivity contribution in [3.63, 3.8) is 0 Å². The predicted molar refractivity (Wildman–Crippen MR) is 91.9 cm³/mol. The lowest BCUT2D eigenvalue weighted by atomic mass is 10.2. The Morgan fingerprint density at radius 1 is 1.04 bits per heavy atom. The Kier molecular flexibility index (Phi) is 4.99. The van der Waals surface area contributed by atoms with Crippen LogP contribution in [0.25, 0.3) is 0 Å². The molecular weight excluding hydrogens is 321 g/mol. The minimum atomic E-state index is -0.297. The van der Waals surface area contributed by atoms with Crippen LogP contribution in [0.1, 0.15) is 21.5 Å². The Hall–Kier alpha value is -3.28. The number of hydrogen-bond donors (Lipinski definition) is 1. The summed E-state index contributed by atoms with van der Waals surface area (Å²) >= 11 is 0. The number of benzene rings is 1. The van der Waals surface area contributed by atoms with Crippen LogP contribution in [0.4, 0.5) is 10.2 Å². The summed E-state index contributed by atoms with van der Waals surface area (Å²) in [5, 5.41) is 2.70. The fourth-order valence-electron chi connectivity index (χ4n) is 2.07. The summed E-state index contributed by atoms with van der Waals surface area (Å²) in [6.07, 6.45) is 3.11. The monoisotopic (exact) mass is 337 g/mol. The van der Waals surface area contributed by atoms with E-state index in [1.165, 1.54) is 18.3 Å². The average molecular weight is 337 g/mol. The third kappa shape index (κ3) is 4.60. The maximum absolute atomic E-state index is 12.9. The first-order valence-electron chi connectivity index (χ1n) is 7.67. The van der Waals surface area contributed by atoms with Gasteiger partial charge in [0.1, 0.15) is 18.2 Å². The molecule has 0 fully saturated rings. The molecule has 1 amide bonds. The molecule has 1 aromatic carbocycles. The first-order valence-corrected chi connectivity index (χ1v) is 7.67. The normalized spacial score (nSPS) is 10.3. The van der Waals surface area contributed by atoms with Crippen LogP contribution in [0.2, 0.25) is 0 Å². The van der Waals surface area contributed by atoms with Gasteiger partial charge in [-0.25, -0.2) is 14.4 Å². The Morgan fingerprint density at radius 3 is 2.48 bits per heavy atom. The van der Waals surface area contributed by atoms with E-state index in [9.17, 15) is 9.18 Å². The van der Waals surface area contributed by atoms with Gasteiger partial charge in [0.2, 0.25) is 5.88 Å². The zero-order valence-electron chi connectivity index (χ0n) is 13.6. The van der Waals surface area contributed by atoms with Gasteiger partial charge in [0, 0.05) is 18.5 Å². The summed E-state index contributed by atoms with van der Waals surface area (Å²) in [4.78, 5) is 20.4. The van der Waals surface area contributed by atoms with E-state index in [-0.39, 0.29) is 18.3 Å². The number of rotatable bonds is 5. The van der Waals surface area contributed by atoms with Gasteiger partial charge < -0.3 is 10.1 Å². The van der Waals surface area contributed by atoms with Gasteiger partial charge in [-0.3, -0.25) is 4.79 Å². The van der Waals surface area contributed by atoms with Crippen molar-refractivity contribution in [2.24, 2.45) is 0 Å². The van der Waals surface area contributed by atoms with Gasteiger partial charge in [-0.1, -0.05) is 18.2 Å². The van der Waals surface area contributed by atoms with Crippen molar-refractivity contribution in [1.82, 2.24) is 9.97 Å². The van der Waals surface area contributed by atoms with Crippen LogP contribution < -0.4 is 10.1 Å². The first-order chi connectivity index (χ1) is 12.1. The minimum absolute atomic E-state index is 0.270. The summed E-state index contributed by atoms with van der Waals surface area (Å²) in [5.41, 5.74) is 2.24. The SMILES string of the molecule is Cc1ccc(NC(=O)c2ccc(OCc3ccc(F)cc3)nc2)nc1. The fraction of sp³-hybridized carbons (Fsp3) is 0.105. The molecule has 2 aromatic heterocycles. The number of aryl methyl sites for hydroxylation is 1. The van der Waals surface area contributed by atoms with E-state index < -0.39 is 0 Å². The number of carbonyl (C=O) groups is 1. The molecule has 0 atom stereocenters. The molecule has 2 heterocycles. The smallest absolute Gasteiger partial charge is 0.258 e. The molecule has 25 heavy (non-hydrogen) atoms. The molecule has 0 bridgehead atoms. The Labute approximate surface area is 144 Å². The van der Waals surface area contributed by atoms with Crippen molar-refractivity contribution < 1.29 is 13.9 Å². The molecule has 0 aliphatic heterocycles. The Balaban J connectivity index is 1.58. The van der Waals surface area contributed by atoms with Gasteiger partial charge in [-0.2, -0.15) is 0 Å². The van der Waals surface area contributed by atoms with Crippen LogP contribution in [0, 0.1) is 12.7 Å². The second kappa shape index (κ2) is 7.53. The van der Waals surface area contributed by atoms with Crippen LogP contribution in [0.15, 0.2) is 60.9 Å². The Bertz CT molecular complexity index is 847. The van der Waals surface area contributed by atoms with Gasteiger partial charge in [0.25, 0.3) is 5.91 Å². The van der Waals surface area contributed by atoms with Gasteiger partial charge in [-0.15, -0.1) is 0 Å².